The molecule has 0 radical (unpaired) electrons. The van der Waals surface area contributed by atoms with Crippen LogP contribution in [0.1, 0.15) is 45.4 Å². The Kier molecular flexibility index (Phi) is 7.58. The van der Waals surface area contributed by atoms with Crippen LogP contribution >= 0.6 is 27.3 Å². The molecule has 0 aliphatic rings. The molecule has 110 valence electrons. The maximum Gasteiger partial charge on any atom is 0.0807 e. The molecule has 0 aliphatic carbocycles. The average molecular weight is 348 g/mol. The van der Waals surface area contributed by atoms with Crippen LogP contribution in [-0.2, 0) is 11.2 Å². The maximum absolute atomic E-state index is 6.05. The van der Waals surface area contributed by atoms with E-state index < -0.39 is 0 Å². The van der Waals surface area contributed by atoms with E-state index >= 15 is 0 Å². The molecule has 1 aromatic heterocycles. The predicted molar refractivity (Wildman–Crippen MR) is 88.1 cm³/mol. The topological polar surface area (TPSA) is 21.3 Å². The van der Waals surface area contributed by atoms with Gasteiger partial charge in [-0.15, -0.1) is 11.3 Å². The molecule has 1 rings (SSSR count). The third kappa shape index (κ3) is 5.18. The lowest BCUT2D eigenvalue weighted by Gasteiger charge is -2.37. The van der Waals surface area contributed by atoms with Gasteiger partial charge < -0.3 is 10.1 Å². The first-order chi connectivity index (χ1) is 9.05. The van der Waals surface area contributed by atoms with Gasteiger partial charge in [0.1, 0.15) is 0 Å². The quantitative estimate of drug-likeness (QED) is 0.703. The molecule has 0 aliphatic heterocycles. The van der Waals surface area contributed by atoms with Crippen molar-refractivity contribution in [3.8, 4) is 0 Å². The first-order valence-corrected chi connectivity index (χ1v) is 8.78. The van der Waals surface area contributed by atoms with Crippen LogP contribution in [0.15, 0.2) is 15.9 Å². The fourth-order valence-electron chi connectivity index (χ4n) is 2.26. The van der Waals surface area contributed by atoms with E-state index in [0.29, 0.717) is 6.04 Å². The molecule has 0 saturated heterocycles. The van der Waals surface area contributed by atoms with Crippen LogP contribution in [-0.4, -0.2) is 24.8 Å². The third-order valence-electron chi connectivity index (χ3n) is 3.59. The minimum Gasteiger partial charge on any atom is -0.374 e. The van der Waals surface area contributed by atoms with Gasteiger partial charge in [0.15, 0.2) is 0 Å². The van der Waals surface area contributed by atoms with Gasteiger partial charge >= 0.3 is 0 Å². The van der Waals surface area contributed by atoms with E-state index in [1.807, 2.05) is 11.3 Å². The van der Waals surface area contributed by atoms with Crippen molar-refractivity contribution in [2.45, 2.75) is 58.6 Å². The molecular weight excluding hydrogens is 322 g/mol. The van der Waals surface area contributed by atoms with Gasteiger partial charge in [-0.25, -0.2) is 0 Å². The number of rotatable bonds is 9. The molecule has 2 nitrogen and oxygen atoms in total. The number of thiophene rings is 1. The summed E-state index contributed by atoms with van der Waals surface area (Å²) in [6, 6.07) is 4.70. The van der Waals surface area contributed by atoms with Crippen LogP contribution in [0.4, 0.5) is 0 Å². The van der Waals surface area contributed by atoms with Crippen LogP contribution in [0.5, 0.6) is 0 Å². The highest BCUT2D eigenvalue weighted by molar-refractivity contribution is 9.11. The average Bonchev–Trinajstić information content (AvgIpc) is 2.80. The second-order valence-electron chi connectivity index (χ2n) is 5.02. The number of ether oxygens (including phenoxy) is 1. The van der Waals surface area contributed by atoms with E-state index in [1.165, 1.54) is 8.66 Å². The fourth-order valence-corrected chi connectivity index (χ4v) is 3.79. The second-order valence-corrected chi connectivity index (χ2v) is 7.56. The first-order valence-electron chi connectivity index (χ1n) is 7.17. The molecule has 0 bridgehead atoms. The molecule has 4 heteroatoms. The van der Waals surface area contributed by atoms with Gasteiger partial charge in [-0.1, -0.05) is 13.8 Å². The smallest absolute Gasteiger partial charge is 0.0807 e. The van der Waals surface area contributed by atoms with Gasteiger partial charge in [0.25, 0.3) is 0 Å². The summed E-state index contributed by atoms with van der Waals surface area (Å²) in [5.74, 6) is 0. The Hall–Kier alpha value is 0.1000. The Balaban J connectivity index is 2.80. The molecule has 0 aromatic carbocycles. The van der Waals surface area contributed by atoms with E-state index in [4.69, 9.17) is 4.74 Å². The SMILES string of the molecule is CCCNC(Cc1ccc(Br)s1)C(C)(CC)OCC. The van der Waals surface area contributed by atoms with Gasteiger partial charge in [0.05, 0.1) is 9.39 Å². The highest BCUT2D eigenvalue weighted by atomic mass is 79.9. The van der Waals surface area contributed by atoms with Crippen LogP contribution in [0.3, 0.4) is 0 Å². The molecule has 0 spiro atoms. The Labute approximate surface area is 130 Å². The Morgan fingerprint density at radius 1 is 1.37 bits per heavy atom. The van der Waals surface area contributed by atoms with E-state index in [-0.39, 0.29) is 5.60 Å². The highest BCUT2D eigenvalue weighted by Crippen LogP contribution is 2.28. The number of hydrogen-bond donors (Lipinski definition) is 1. The largest absolute Gasteiger partial charge is 0.374 e. The lowest BCUT2D eigenvalue weighted by molar-refractivity contribution is -0.0548. The highest BCUT2D eigenvalue weighted by Gasteiger charge is 2.33. The van der Waals surface area contributed by atoms with E-state index in [9.17, 15) is 0 Å². The Morgan fingerprint density at radius 2 is 2.11 bits per heavy atom. The summed E-state index contributed by atoms with van der Waals surface area (Å²) in [5.41, 5.74) is -0.0968. The number of hydrogen-bond acceptors (Lipinski definition) is 3. The summed E-state index contributed by atoms with van der Waals surface area (Å²) < 4.78 is 7.25. The van der Waals surface area contributed by atoms with Crippen molar-refractivity contribution in [1.29, 1.82) is 0 Å². The zero-order valence-corrected chi connectivity index (χ0v) is 14.9. The second kappa shape index (κ2) is 8.40. The van der Waals surface area contributed by atoms with Gasteiger partial charge in [0, 0.05) is 17.5 Å². The van der Waals surface area contributed by atoms with Crippen molar-refractivity contribution in [3.63, 3.8) is 0 Å². The summed E-state index contributed by atoms with van der Waals surface area (Å²) in [6.45, 7) is 10.5. The van der Waals surface area contributed by atoms with Crippen LogP contribution < -0.4 is 5.32 Å². The normalized spacial score (nSPS) is 16.3. The van der Waals surface area contributed by atoms with Gasteiger partial charge in [-0.2, -0.15) is 0 Å². The van der Waals surface area contributed by atoms with Crippen molar-refractivity contribution in [2.24, 2.45) is 0 Å². The zero-order valence-electron chi connectivity index (χ0n) is 12.5. The minimum atomic E-state index is -0.0968. The van der Waals surface area contributed by atoms with Crippen molar-refractivity contribution in [1.82, 2.24) is 5.32 Å². The Bertz CT molecular complexity index is 369. The molecule has 1 heterocycles. The lowest BCUT2D eigenvalue weighted by atomic mass is 9.90. The van der Waals surface area contributed by atoms with E-state index in [2.05, 4.69) is 61.1 Å². The molecule has 0 amide bonds. The molecule has 1 N–H and O–H groups in total. The van der Waals surface area contributed by atoms with Crippen molar-refractivity contribution in [2.75, 3.05) is 13.2 Å². The van der Waals surface area contributed by atoms with Crippen molar-refractivity contribution < 1.29 is 4.74 Å². The summed E-state index contributed by atoms with van der Waals surface area (Å²) >= 11 is 5.36. The predicted octanol–water partition coefficient (Wildman–Crippen LogP) is 4.63. The van der Waals surface area contributed by atoms with Crippen LogP contribution in [0.25, 0.3) is 0 Å². The summed E-state index contributed by atoms with van der Waals surface area (Å²) in [5, 5.41) is 3.67. The molecule has 1 aromatic rings. The zero-order chi connectivity index (χ0) is 14.3. The van der Waals surface area contributed by atoms with Crippen LogP contribution in [0.2, 0.25) is 0 Å². The van der Waals surface area contributed by atoms with Gasteiger partial charge in [-0.05, 0) is 67.7 Å². The molecule has 2 unspecified atom stereocenters. The minimum absolute atomic E-state index is 0.0968. The summed E-state index contributed by atoms with van der Waals surface area (Å²) in [6.07, 6.45) is 3.20. The molecule has 2 atom stereocenters. The number of halogens is 1. The van der Waals surface area contributed by atoms with Gasteiger partial charge in [-0.3, -0.25) is 0 Å². The third-order valence-corrected chi connectivity index (χ3v) is 5.23. The van der Waals surface area contributed by atoms with Crippen molar-refractivity contribution >= 4 is 27.3 Å². The van der Waals surface area contributed by atoms with E-state index in [1.54, 1.807) is 0 Å². The fraction of sp³-hybridized carbons (Fsp3) is 0.733. The molecular formula is C15H26BrNOS. The monoisotopic (exact) mass is 347 g/mol. The Morgan fingerprint density at radius 3 is 2.58 bits per heavy atom. The molecule has 19 heavy (non-hydrogen) atoms. The molecule has 0 fully saturated rings. The standard InChI is InChI=1S/C15H26BrNOS/c1-5-10-17-13(15(4,6-2)18-7-3)11-12-8-9-14(16)19-12/h8-9,13,17H,5-7,10-11H2,1-4H3. The lowest BCUT2D eigenvalue weighted by Crippen LogP contribution is -2.51. The summed E-state index contributed by atoms with van der Waals surface area (Å²) in [7, 11) is 0. The number of nitrogens with one attached hydrogen (secondary N) is 1. The van der Waals surface area contributed by atoms with Gasteiger partial charge in [0.2, 0.25) is 0 Å². The maximum atomic E-state index is 6.05. The van der Waals surface area contributed by atoms with E-state index in [0.717, 1.165) is 32.4 Å². The first kappa shape index (κ1) is 17.2. The molecule has 0 saturated carbocycles. The summed E-state index contributed by atoms with van der Waals surface area (Å²) in [4.78, 5) is 1.40. The van der Waals surface area contributed by atoms with Crippen molar-refractivity contribution in [3.05, 3.63) is 20.8 Å². The van der Waals surface area contributed by atoms with Crippen LogP contribution in [0, 0.1) is 0 Å².